The molecule has 0 bridgehead atoms. The van der Waals surface area contributed by atoms with Gasteiger partial charge in [-0.1, -0.05) is 17.7 Å². The fraction of sp³-hybridized carbons (Fsp3) is 0.240. The number of methoxy groups -OCH3 is 1. The molecule has 0 atom stereocenters. The van der Waals surface area contributed by atoms with Gasteiger partial charge >= 0.3 is 5.97 Å². The van der Waals surface area contributed by atoms with Crippen molar-refractivity contribution in [3.8, 4) is 5.75 Å². The number of hydrogen-bond donors (Lipinski definition) is 0. The molecule has 186 valence electrons. The van der Waals surface area contributed by atoms with Crippen molar-refractivity contribution in [3.05, 3.63) is 81.2 Å². The van der Waals surface area contributed by atoms with E-state index in [1.807, 2.05) is 0 Å². The second-order valence-electron chi connectivity index (χ2n) is 7.58. The van der Waals surface area contributed by atoms with Crippen molar-refractivity contribution in [2.75, 3.05) is 26.9 Å². The van der Waals surface area contributed by atoms with Gasteiger partial charge in [0.15, 0.2) is 12.1 Å². The fourth-order valence-corrected chi connectivity index (χ4v) is 3.70. The first-order valence-electron chi connectivity index (χ1n) is 11.1. The lowest BCUT2D eigenvalue weighted by atomic mass is 10.2. The number of ether oxygens (including phenoxy) is 3. The lowest BCUT2D eigenvalue weighted by Crippen LogP contribution is -2.34. The molecule has 0 fully saturated rings. The number of aromatic nitrogens is 3. The average molecular weight is 511 g/mol. The van der Waals surface area contributed by atoms with Crippen LogP contribution in [0.4, 0.5) is 0 Å². The second-order valence-corrected chi connectivity index (χ2v) is 8.01. The van der Waals surface area contributed by atoms with Gasteiger partial charge in [-0.25, -0.2) is 9.78 Å². The highest BCUT2D eigenvalue weighted by Gasteiger charge is 2.20. The van der Waals surface area contributed by atoms with Gasteiger partial charge in [0.1, 0.15) is 22.6 Å². The molecule has 3 aromatic heterocycles. The van der Waals surface area contributed by atoms with E-state index >= 15 is 0 Å². The van der Waals surface area contributed by atoms with Crippen LogP contribution in [0.25, 0.3) is 16.7 Å². The van der Waals surface area contributed by atoms with Crippen LogP contribution in [0.2, 0.25) is 5.02 Å². The van der Waals surface area contributed by atoms with E-state index in [1.165, 1.54) is 22.1 Å². The molecule has 0 radical (unpaired) electrons. The van der Waals surface area contributed by atoms with E-state index in [-0.39, 0.29) is 54.0 Å². The van der Waals surface area contributed by atoms with Gasteiger partial charge in [0.05, 0.1) is 18.6 Å². The highest BCUT2D eigenvalue weighted by atomic mass is 35.5. The Morgan fingerprint density at radius 2 is 1.92 bits per heavy atom. The standard InChI is InChI=1S/C25H23ClN4O6/c1-3-35-25(33)19-14-18-22(27-20-6-4-5-11-29(20)24(18)32)30(12-13-34-2)23(19)28-21(31)15-36-17-9-7-16(26)8-10-17/h4-11,14H,3,12-13,15H2,1-2H3. The molecule has 0 saturated carbocycles. The SMILES string of the molecule is CCOC(=O)c1cc2c(=O)n3ccccc3nc2n(CCOC)c1=NC(=O)COc1ccc(Cl)cc1. The molecule has 0 aliphatic rings. The van der Waals surface area contributed by atoms with Gasteiger partial charge in [0.25, 0.3) is 11.5 Å². The number of nitrogens with zero attached hydrogens (tertiary/aromatic N) is 4. The summed E-state index contributed by atoms with van der Waals surface area (Å²) in [6.45, 7) is 1.74. The third-order valence-electron chi connectivity index (χ3n) is 5.21. The first kappa shape index (κ1) is 25.1. The van der Waals surface area contributed by atoms with Gasteiger partial charge < -0.3 is 18.8 Å². The largest absolute Gasteiger partial charge is 0.484 e. The van der Waals surface area contributed by atoms with Crippen molar-refractivity contribution in [2.24, 2.45) is 4.99 Å². The fourth-order valence-electron chi connectivity index (χ4n) is 3.58. The Labute approximate surface area is 210 Å². The molecule has 3 heterocycles. The lowest BCUT2D eigenvalue weighted by Gasteiger charge is -2.15. The molecular formula is C25H23ClN4O6. The number of fused-ring (bicyclic) bond motifs is 2. The smallest absolute Gasteiger partial charge is 0.341 e. The zero-order chi connectivity index (χ0) is 25.7. The number of pyridine rings is 2. The number of halogens is 1. The van der Waals surface area contributed by atoms with Gasteiger partial charge in [-0.05, 0) is 49.4 Å². The van der Waals surface area contributed by atoms with Gasteiger partial charge in [-0.2, -0.15) is 4.99 Å². The molecule has 36 heavy (non-hydrogen) atoms. The Morgan fingerprint density at radius 3 is 2.64 bits per heavy atom. The molecule has 4 rings (SSSR count). The molecule has 4 aromatic rings. The number of carbonyl (C=O) groups excluding carboxylic acids is 2. The molecule has 1 aromatic carbocycles. The van der Waals surface area contributed by atoms with E-state index in [2.05, 4.69) is 9.98 Å². The molecular weight excluding hydrogens is 488 g/mol. The molecule has 10 nitrogen and oxygen atoms in total. The molecule has 0 saturated heterocycles. The van der Waals surface area contributed by atoms with E-state index in [0.29, 0.717) is 16.4 Å². The molecule has 1 amide bonds. The highest BCUT2D eigenvalue weighted by molar-refractivity contribution is 6.30. The minimum Gasteiger partial charge on any atom is -0.484 e. The molecule has 11 heteroatoms. The zero-order valence-corrected chi connectivity index (χ0v) is 20.4. The summed E-state index contributed by atoms with van der Waals surface area (Å²) in [7, 11) is 1.51. The van der Waals surface area contributed by atoms with E-state index in [4.69, 9.17) is 25.8 Å². The van der Waals surface area contributed by atoms with E-state index < -0.39 is 11.9 Å². The van der Waals surface area contributed by atoms with Crippen molar-refractivity contribution in [3.63, 3.8) is 0 Å². The zero-order valence-electron chi connectivity index (χ0n) is 19.6. The number of carbonyl (C=O) groups is 2. The van der Waals surface area contributed by atoms with Crippen LogP contribution in [0, 0.1) is 0 Å². The molecule has 0 aliphatic carbocycles. The van der Waals surface area contributed by atoms with Crippen molar-refractivity contribution >= 4 is 40.2 Å². The summed E-state index contributed by atoms with van der Waals surface area (Å²) in [4.78, 5) is 47.8. The molecule has 0 aliphatic heterocycles. The number of hydrogen-bond acceptors (Lipinski definition) is 7. The Bertz CT molecular complexity index is 1560. The number of amides is 1. The Kier molecular flexibility index (Phi) is 7.77. The number of benzene rings is 1. The lowest BCUT2D eigenvalue weighted by molar-refractivity contribution is -0.120. The van der Waals surface area contributed by atoms with Gasteiger partial charge in [0.2, 0.25) is 0 Å². The van der Waals surface area contributed by atoms with Gasteiger partial charge in [-0.3, -0.25) is 14.0 Å². The predicted octanol–water partition coefficient (Wildman–Crippen LogP) is 2.63. The third kappa shape index (κ3) is 5.29. The maximum atomic E-state index is 13.3. The summed E-state index contributed by atoms with van der Waals surface area (Å²) in [6.07, 6.45) is 1.59. The summed E-state index contributed by atoms with van der Waals surface area (Å²) in [5.41, 5.74) is 0.219. The molecule has 0 N–H and O–H groups in total. The monoisotopic (exact) mass is 510 g/mol. The van der Waals surface area contributed by atoms with Crippen molar-refractivity contribution in [2.45, 2.75) is 13.5 Å². The number of esters is 1. The Hall–Kier alpha value is -4.02. The Morgan fingerprint density at radius 1 is 1.14 bits per heavy atom. The van der Waals surface area contributed by atoms with E-state index in [0.717, 1.165) is 0 Å². The minimum absolute atomic E-state index is 0.00473. The van der Waals surface area contributed by atoms with Crippen LogP contribution >= 0.6 is 11.6 Å². The maximum Gasteiger partial charge on any atom is 0.341 e. The van der Waals surface area contributed by atoms with E-state index in [1.54, 1.807) is 55.6 Å². The van der Waals surface area contributed by atoms with Crippen LogP contribution in [0.1, 0.15) is 17.3 Å². The highest BCUT2D eigenvalue weighted by Crippen LogP contribution is 2.15. The topological polar surface area (TPSA) is 113 Å². The normalized spacial score (nSPS) is 11.7. The Balaban J connectivity index is 1.91. The number of rotatable bonds is 8. The summed E-state index contributed by atoms with van der Waals surface area (Å²) in [5, 5.41) is 0.699. The molecule has 0 unspecified atom stereocenters. The van der Waals surface area contributed by atoms with Crippen LogP contribution in [0.15, 0.2) is 64.5 Å². The third-order valence-corrected chi connectivity index (χ3v) is 5.46. The summed E-state index contributed by atoms with van der Waals surface area (Å²) >= 11 is 5.88. The van der Waals surface area contributed by atoms with Crippen molar-refractivity contribution in [1.29, 1.82) is 0 Å². The van der Waals surface area contributed by atoms with Gasteiger partial charge in [-0.15, -0.1) is 0 Å². The van der Waals surface area contributed by atoms with Gasteiger partial charge in [0, 0.05) is 24.9 Å². The van der Waals surface area contributed by atoms with Crippen LogP contribution in [-0.2, 0) is 20.8 Å². The second kappa shape index (κ2) is 11.1. The first-order valence-corrected chi connectivity index (χ1v) is 11.5. The van der Waals surface area contributed by atoms with Crippen LogP contribution in [0.3, 0.4) is 0 Å². The molecule has 0 spiro atoms. The van der Waals surface area contributed by atoms with Crippen LogP contribution < -0.4 is 15.8 Å². The van der Waals surface area contributed by atoms with Crippen LogP contribution in [-0.4, -0.2) is 52.8 Å². The minimum atomic E-state index is -0.728. The van der Waals surface area contributed by atoms with E-state index in [9.17, 15) is 14.4 Å². The quantitative estimate of drug-likeness (QED) is 0.264. The average Bonchev–Trinajstić information content (AvgIpc) is 2.88. The maximum absolute atomic E-state index is 13.3. The summed E-state index contributed by atoms with van der Waals surface area (Å²) in [6, 6.07) is 13.0. The summed E-state index contributed by atoms with van der Waals surface area (Å²) in [5.74, 6) is -0.952. The van der Waals surface area contributed by atoms with Crippen molar-refractivity contribution < 1.29 is 23.8 Å². The predicted molar refractivity (Wildman–Crippen MR) is 132 cm³/mol. The summed E-state index contributed by atoms with van der Waals surface area (Å²) < 4.78 is 18.8. The van der Waals surface area contributed by atoms with Crippen LogP contribution in [0.5, 0.6) is 5.75 Å². The van der Waals surface area contributed by atoms with Crippen molar-refractivity contribution in [1.82, 2.24) is 14.0 Å². The first-order chi connectivity index (χ1) is 17.4.